The summed E-state index contributed by atoms with van der Waals surface area (Å²) in [6, 6.07) is 15.6. The average molecular weight is 348 g/mol. The highest BCUT2D eigenvalue weighted by Gasteiger charge is 2.15. The summed E-state index contributed by atoms with van der Waals surface area (Å²) in [4.78, 5) is 17.0. The summed E-state index contributed by atoms with van der Waals surface area (Å²) in [7, 11) is 3.52. The molecule has 0 spiro atoms. The van der Waals surface area contributed by atoms with Crippen molar-refractivity contribution in [2.45, 2.75) is 6.54 Å². The molecule has 0 aliphatic carbocycles. The lowest BCUT2D eigenvalue weighted by Gasteiger charge is -2.08. The highest BCUT2D eigenvalue weighted by Crippen LogP contribution is 2.27. The number of methoxy groups -OCH3 is 1. The molecule has 0 saturated heterocycles. The molecular weight excluding hydrogens is 328 g/mol. The number of rotatable bonds is 5. The normalized spacial score (nSPS) is 11.2. The summed E-state index contributed by atoms with van der Waals surface area (Å²) < 4.78 is 9.32. The Bertz CT molecular complexity index is 1090. The Hall–Kier alpha value is -3.28. The first-order valence-corrected chi connectivity index (χ1v) is 8.49. The maximum atomic E-state index is 12.6. The van der Waals surface area contributed by atoms with E-state index in [0.29, 0.717) is 18.8 Å². The van der Waals surface area contributed by atoms with Gasteiger partial charge in [-0.25, -0.2) is 4.98 Å². The first-order valence-electron chi connectivity index (χ1n) is 8.49. The van der Waals surface area contributed by atoms with E-state index < -0.39 is 0 Å². The maximum absolute atomic E-state index is 12.6. The lowest BCUT2D eigenvalue weighted by molar-refractivity contribution is 0.0944. The molecule has 0 atom stereocenters. The van der Waals surface area contributed by atoms with Crippen LogP contribution >= 0.6 is 0 Å². The molecule has 0 aliphatic rings. The van der Waals surface area contributed by atoms with E-state index >= 15 is 0 Å². The van der Waals surface area contributed by atoms with Crippen LogP contribution in [0, 0.1) is 0 Å². The van der Waals surface area contributed by atoms with Crippen LogP contribution in [0.4, 0.5) is 0 Å². The van der Waals surface area contributed by atoms with Gasteiger partial charge < -0.3 is 19.2 Å². The van der Waals surface area contributed by atoms with Crippen LogP contribution in [0.1, 0.15) is 10.5 Å². The second-order valence-corrected chi connectivity index (χ2v) is 6.16. The molecule has 6 nitrogen and oxygen atoms in total. The molecule has 132 valence electrons. The van der Waals surface area contributed by atoms with Gasteiger partial charge in [0.15, 0.2) is 0 Å². The third-order valence-electron chi connectivity index (χ3n) is 4.67. The standard InChI is InChI=1S/C20H20N4O2/c1-23-16-8-5-9-19(26-2)14(16)12-18(23)20(25)21-10-11-24-13-22-15-6-3-4-7-17(15)24/h3-9,12-13H,10-11H2,1-2H3,(H,21,25). The van der Waals surface area contributed by atoms with Crippen molar-refractivity contribution in [1.82, 2.24) is 19.4 Å². The lowest BCUT2D eigenvalue weighted by atomic mass is 10.2. The van der Waals surface area contributed by atoms with Crippen LogP contribution in [-0.4, -0.2) is 33.7 Å². The van der Waals surface area contributed by atoms with Gasteiger partial charge in [-0.1, -0.05) is 18.2 Å². The van der Waals surface area contributed by atoms with Gasteiger partial charge in [0.05, 0.1) is 30.0 Å². The molecule has 4 rings (SSSR count). The van der Waals surface area contributed by atoms with Crippen molar-refractivity contribution in [3.8, 4) is 5.75 Å². The van der Waals surface area contributed by atoms with Gasteiger partial charge in [-0.05, 0) is 30.3 Å². The number of benzene rings is 2. The van der Waals surface area contributed by atoms with Crippen molar-refractivity contribution >= 4 is 27.8 Å². The number of aryl methyl sites for hydroxylation is 1. The predicted molar refractivity (Wildman–Crippen MR) is 102 cm³/mol. The van der Waals surface area contributed by atoms with Gasteiger partial charge in [0.1, 0.15) is 11.4 Å². The molecule has 0 unspecified atom stereocenters. The quantitative estimate of drug-likeness (QED) is 0.603. The van der Waals surface area contributed by atoms with Crippen molar-refractivity contribution in [3.05, 3.63) is 60.6 Å². The minimum Gasteiger partial charge on any atom is -0.496 e. The highest BCUT2D eigenvalue weighted by atomic mass is 16.5. The van der Waals surface area contributed by atoms with Crippen LogP contribution in [-0.2, 0) is 13.6 Å². The van der Waals surface area contributed by atoms with E-state index in [4.69, 9.17) is 4.74 Å². The second kappa shape index (κ2) is 6.55. The predicted octanol–water partition coefficient (Wildman–Crippen LogP) is 2.97. The maximum Gasteiger partial charge on any atom is 0.267 e. The molecule has 0 radical (unpaired) electrons. The van der Waals surface area contributed by atoms with E-state index in [1.807, 2.05) is 64.7 Å². The van der Waals surface area contributed by atoms with E-state index in [-0.39, 0.29) is 5.91 Å². The molecular formula is C20H20N4O2. The Morgan fingerprint density at radius 1 is 1.15 bits per heavy atom. The molecule has 2 aromatic carbocycles. The number of imidazole rings is 1. The number of aromatic nitrogens is 3. The van der Waals surface area contributed by atoms with E-state index in [0.717, 1.165) is 27.7 Å². The Morgan fingerprint density at radius 2 is 1.96 bits per heavy atom. The zero-order chi connectivity index (χ0) is 18.1. The van der Waals surface area contributed by atoms with Crippen molar-refractivity contribution in [3.63, 3.8) is 0 Å². The van der Waals surface area contributed by atoms with Crippen molar-refractivity contribution in [2.24, 2.45) is 7.05 Å². The third-order valence-corrected chi connectivity index (χ3v) is 4.67. The first kappa shape index (κ1) is 16.2. The third kappa shape index (κ3) is 2.69. The number of fused-ring (bicyclic) bond motifs is 2. The minimum absolute atomic E-state index is 0.102. The Kier molecular flexibility index (Phi) is 4.08. The van der Waals surface area contributed by atoms with Crippen molar-refractivity contribution < 1.29 is 9.53 Å². The number of carbonyl (C=O) groups excluding carboxylic acids is 1. The number of hydrogen-bond acceptors (Lipinski definition) is 3. The Morgan fingerprint density at radius 3 is 2.81 bits per heavy atom. The second-order valence-electron chi connectivity index (χ2n) is 6.16. The molecule has 2 aromatic heterocycles. The van der Waals surface area contributed by atoms with Crippen LogP contribution in [0.2, 0.25) is 0 Å². The summed E-state index contributed by atoms with van der Waals surface area (Å²) in [6.07, 6.45) is 1.80. The number of nitrogens with one attached hydrogen (secondary N) is 1. The number of nitrogens with zero attached hydrogens (tertiary/aromatic N) is 3. The number of ether oxygens (including phenoxy) is 1. The van der Waals surface area contributed by atoms with Crippen molar-refractivity contribution in [1.29, 1.82) is 0 Å². The lowest BCUT2D eigenvalue weighted by Crippen LogP contribution is -2.28. The smallest absolute Gasteiger partial charge is 0.267 e. The topological polar surface area (TPSA) is 61.1 Å². The Labute approximate surface area is 151 Å². The summed E-state index contributed by atoms with van der Waals surface area (Å²) in [6.45, 7) is 1.19. The van der Waals surface area contributed by atoms with Gasteiger partial charge in [-0.2, -0.15) is 0 Å². The number of para-hydroxylation sites is 2. The fraction of sp³-hybridized carbons (Fsp3) is 0.200. The largest absolute Gasteiger partial charge is 0.496 e. The van der Waals surface area contributed by atoms with E-state index in [1.165, 1.54) is 0 Å². The molecule has 0 bridgehead atoms. The van der Waals surface area contributed by atoms with Crippen LogP contribution < -0.4 is 10.1 Å². The molecule has 1 N–H and O–H groups in total. The van der Waals surface area contributed by atoms with E-state index in [1.54, 1.807) is 13.4 Å². The van der Waals surface area contributed by atoms with Gasteiger partial charge in [0, 0.05) is 25.5 Å². The van der Waals surface area contributed by atoms with Crippen LogP contribution in [0.3, 0.4) is 0 Å². The minimum atomic E-state index is -0.102. The van der Waals surface area contributed by atoms with Gasteiger partial charge in [0.25, 0.3) is 5.91 Å². The van der Waals surface area contributed by atoms with E-state index in [2.05, 4.69) is 10.3 Å². The summed E-state index contributed by atoms with van der Waals surface area (Å²) in [5.41, 5.74) is 3.60. The average Bonchev–Trinajstić information content (AvgIpc) is 3.23. The van der Waals surface area contributed by atoms with Gasteiger partial charge >= 0.3 is 0 Å². The number of hydrogen-bond donors (Lipinski definition) is 1. The molecule has 0 aliphatic heterocycles. The zero-order valence-electron chi connectivity index (χ0n) is 14.8. The fourth-order valence-electron chi connectivity index (χ4n) is 3.30. The molecule has 0 fully saturated rings. The van der Waals surface area contributed by atoms with Gasteiger partial charge in [-0.3, -0.25) is 4.79 Å². The van der Waals surface area contributed by atoms with Crippen molar-refractivity contribution in [2.75, 3.05) is 13.7 Å². The number of amides is 1. The summed E-state index contributed by atoms with van der Waals surface area (Å²) in [5.74, 6) is 0.664. The van der Waals surface area contributed by atoms with Crippen LogP contribution in [0.25, 0.3) is 21.9 Å². The zero-order valence-corrected chi connectivity index (χ0v) is 14.8. The SMILES string of the molecule is COc1cccc2c1cc(C(=O)NCCn1cnc3ccccc31)n2C. The fourth-order valence-corrected chi connectivity index (χ4v) is 3.30. The summed E-state index contributed by atoms with van der Waals surface area (Å²) >= 11 is 0. The van der Waals surface area contributed by atoms with Crippen LogP contribution in [0.5, 0.6) is 5.75 Å². The molecule has 0 saturated carbocycles. The number of carbonyl (C=O) groups is 1. The monoisotopic (exact) mass is 348 g/mol. The molecule has 1 amide bonds. The highest BCUT2D eigenvalue weighted by molar-refractivity contribution is 6.00. The van der Waals surface area contributed by atoms with Crippen LogP contribution in [0.15, 0.2) is 54.9 Å². The van der Waals surface area contributed by atoms with Gasteiger partial charge in [-0.15, -0.1) is 0 Å². The Balaban J connectivity index is 1.50. The van der Waals surface area contributed by atoms with Gasteiger partial charge in [0.2, 0.25) is 0 Å². The molecule has 2 heterocycles. The molecule has 6 heteroatoms. The first-order chi connectivity index (χ1) is 12.7. The van der Waals surface area contributed by atoms with E-state index in [9.17, 15) is 4.79 Å². The molecule has 4 aromatic rings. The molecule has 26 heavy (non-hydrogen) atoms. The summed E-state index contributed by atoms with van der Waals surface area (Å²) in [5, 5.41) is 3.93.